The summed E-state index contributed by atoms with van der Waals surface area (Å²) in [5.41, 5.74) is -0.167. The molecule has 1 aromatic rings. The highest BCUT2D eigenvalue weighted by Gasteiger charge is 2.23. The molecule has 1 rings (SSSR count). The van der Waals surface area contributed by atoms with Gasteiger partial charge in [0.15, 0.2) is 6.04 Å². The monoisotopic (exact) mass is 289 g/mol. The second kappa shape index (κ2) is 6.42. The molecule has 0 aliphatic carbocycles. The van der Waals surface area contributed by atoms with Gasteiger partial charge >= 0.3 is 5.97 Å². The smallest absolute Gasteiger partial charge is 0.328 e. The number of carbonyl (C=O) groups excluding carboxylic acids is 1. The summed E-state index contributed by atoms with van der Waals surface area (Å²) in [6.07, 6.45) is 1.25. The molecule has 0 saturated carbocycles. The van der Waals surface area contributed by atoms with E-state index in [-0.39, 0.29) is 16.6 Å². The molecule has 0 saturated heterocycles. The Bertz CT molecular complexity index is 496. The van der Waals surface area contributed by atoms with Gasteiger partial charge in [0.1, 0.15) is 18.2 Å². The van der Waals surface area contributed by atoms with Crippen LogP contribution < -0.4 is 5.32 Å². The van der Waals surface area contributed by atoms with Gasteiger partial charge in [-0.05, 0) is 0 Å². The van der Waals surface area contributed by atoms with Gasteiger partial charge in [-0.25, -0.2) is 19.2 Å². The number of halogens is 2. The van der Waals surface area contributed by atoms with Crippen molar-refractivity contribution in [2.24, 2.45) is 0 Å². The number of nitrogens with zero attached hydrogens (tertiary/aromatic N) is 2. The maximum Gasteiger partial charge on any atom is 0.328 e. The lowest BCUT2D eigenvalue weighted by atomic mass is 10.2. The molecule has 0 fully saturated rings. The zero-order valence-corrected chi connectivity index (χ0v) is 11.1. The number of nitrogens with one attached hydrogen (secondary N) is 1. The summed E-state index contributed by atoms with van der Waals surface area (Å²) in [4.78, 5) is 30.3. The van der Waals surface area contributed by atoms with Crippen LogP contribution in [0.2, 0.25) is 5.02 Å². The maximum atomic E-state index is 12.4. The van der Waals surface area contributed by atoms with Gasteiger partial charge in [0.2, 0.25) is 0 Å². The van der Waals surface area contributed by atoms with E-state index in [9.17, 15) is 14.0 Å². The van der Waals surface area contributed by atoms with E-state index in [1.807, 2.05) is 19.2 Å². The van der Waals surface area contributed by atoms with E-state index >= 15 is 0 Å². The summed E-state index contributed by atoms with van der Waals surface area (Å²) in [7, 11) is 0. The van der Waals surface area contributed by atoms with Crippen LogP contribution in [0.1, 0.15) is 36.1 Å². The van der Waals surface area contributed by atoms with E-state index in [4.69, 9.17) is 16.7 Å². The Balaban J connectivity index is 2.98. The third-order valence-electron chi connectivity index (χ3n) is 2.25. The lowest BCUT2D eigenvalue weighted by Crippen LogP contribution is -2.42. The Morgan fingerprint density at radius 3 is 2.63 bits per heavy atom. The summed E-state index contributed by atoms with van der Waals surface area (Å²) >= 11 is 5.77. The van der Waals surface area contributed by atoms with Crippen molar-refractivity contribution in [3.05, 3.63) is 22.7 Å². The lowest BCUT2D eigenvalue weighted by Gasteiger charge is -2.12. The van der Waals surface area contributed by atoms with Crippen LogP contribution in [0.4, 0.5) is 4.39 Å². The fourth-order valence-corrected chi connectivity index (χ4v) is 1.39. The molecule has 1 atom stereocenters. The summed E-state index contributed by atoms with van der Waals surface area (Å²) < 4.78 is 12.4. The zero-order valence-electron chi connectivity index (χ0n) is 10.4. The molecule has 6 nitrogen and oxygen atoms in total. The molecule has 0 spiro atoms. The van der Waals surface area contributed by atoms with Gasteiger partial charge in [-0.15, -0.1) is 0 Å². The number of aromatic nitrogens is 2. The van der Waals surface area contributed by atoms with Crippen LogP contribution in [-0.4, -0.2) is 39.7 Å². The fraction of sp³-hybridized carbons (Fsp3) is 0.455. The van der Waals surface area contributed by atoms with Crippen molar-refractivity contribution < 1.29 is 19.1 Å². The van der Waals surface area contributed by atoms with E-state index < -0.39 is 24.6 Å². The Morgan fingerprint density at radius 2 is 2.16 bits per heavy atom. The molecule has 8 heteroatoms. The Labute approximate surface area is 114 Å². The first-order valence-corrected chi connectivity index (χ1v) is 5.86. The zero-order chi connectivity index (χ0) is 14.6. The maximum absolute atomic E-state index is 12.4. The van der Waals surface area contributed by atoms with Crippen LogP contribution in [0.5, 0.6) is 0 Å². The molecule has 104 valence electrons. The standard InChI is InChI=1S/C11H13ClFN3O3/c1-5(2)9-14-4-6(12)8(16-9)10(17)15-7(3-13)11(18)19/h4-5,7H,3H2,1-2H3,(H,15,17)(H,18,19). The molecule has 1 amide bonds. The minimum atomic E-state index is -1.62. The third-order valence-corrected chi connectivity index (χ3v) is 2.53. The highest BCUT2D eigenvalue weighted by Crippen LogP contribution is 2.16. The van der Waals surface area contributed by atoms with Crippen LogP contribution in [0.25, 0.3) is 0 Å². The van der Waals surface area contributed by atoms with Crippen molar-refractivity contribution in [2.45, 2.75) is 25.8 Å². The van der Waals surface area contributed by atoms with Crippen LogP contribution in [0.3, 0.4) is 0 Å². The Kier molecular flexibility index (Phi) is 5.17. The van der Waals surface area contributed by atoms with Crippen LogP contribution >= 0.6 is 11.6 Å². The van der Waals surface area contributed by atoms with E-state index in [1.54, 1.807) is 0 Å². The molecule has 1 unspecified atom stereocenters. The molecule has 1 aromatic heterocycles. The number of carboxylic acid groups (broad SMARTS) is 1. The lowest BCUT2D eigenvalue weighted by molar-refractivity contribution is -0.139. The second-order valence-electron chi connectivity index (χ2n) is 4.10. The number of rotatable bonds is 5. The first-order valence-electron chi connectivity index (χ1n) is 5.48. The predicted molar refractivity (Wildman–Crippen MR) is 66.0 cm³/mol. The molecule has 1 heterocycles. The highest BCUT2D eigenvalue weighted by molar-refractivity contribution is 6.33. The van der Waals surface area contributed by atoms with Crippen molar-refractivity contribution >= 4 is 23.5 Å². The van der Waals surface area contributed by atoms with Crippen LogP contribution in [0, 0.1) is 0 Å². The third kappa shape index (κ3) is 3.85. The quantitative estimate of drug-likeness (QED) is 0.855. The van der Waals surface area contributed by atoms with Crippen LogP contribution in [-0.2, 0) is 4.79 Å². The number of aliphatic carboxylic acids is 1. The van der Waals surface area contributed by atoms with Crippen molar-refractivity contribution in [3.8, 4) is 0 Å². The van der Waals surface area contributed by atoms with Gasteiger partial charge in [-0.3, -0.25) is 4.79 Å². The van der Waals surface area contributed by atoms with Gasteiger partial charge in [-0.2, -0.15) is 0 Å². The number of carboxylic acids is 1. The van der Waals surface area contributed by atoms with Gasteiger partial charge in [0, 0.05) is 5.92 Å². The van der Waals surface area contributed by atoms with Gasteiger partial charge in [-0.1, -0.05) is 25.4 Å². The second-order valence-corrected chi connectivity index (χ2v) is 4.51. The minimum Gasteiger partial charge on any atom is -0.480 e. The van der Waals surface area contributed by atoms with E-state index in [1.165, 1.54) is 6.20 Å². The average Bonchev–Trinajstić information content (AvgIpc) is 2.35. The first kappa shape index (κ1) is 15.3. The fourth-order valence-electron chi connectivity index (χ4n) is 1.21. The number of alkyl halides is 1. The Morgan fingerprint density at radius 1 is 1.53 bits per heavy atom. The van der Waals surface area contributed by atoms with E-state index in [2.05, 4.69) is 9.97 Å². The molecule has 0 bridgehead atoms. The van der Waals surface area contributed by atoms with Crippen LogP contribution in [0.15, 0.2) is 6.20 Å². The first-order chi connectivity index (χ1) is 8.86. The van der Waals surface area contributed by atoms with Gasteiger partial charge in [0.25, 0.3) is 5.91 Å². The Hall–Kier alpha value is -1.76. The number of hydrogen-bond donors (Lipinski definition) is 2. The number of hydrogen-bond acceptors (Lipinski definition) is 4. The predicted octanol–water partition coefficient (Wildman–Crippen LogP) is 1.41. The topological polar surface area (TPSA) is 92.2 Å². The summed E-state index contributed by atoms with van der Waals surface area (Å²) in [6.45, 7) is 2.43. The summed E-state index contributed by atoms with van der Waals surface area (Å²) in [6, 6.07) is -1.62. The molecule has 19 heavy (non-hydrogen) atoms. The molecule has 2 N–H and O–H groups in total. The molecule has 0 aliphatic rings. The highest BCUT2D eigenvalue weighted by atomic mass is 35.5. The average molecular weight is 290 g/mol. The molecule has 0 radical (unpaired) electrons. The van der Waals surface area contributed by atoms with Gasteiger partial charge in [0.05, 0.1) is 11.2 Å². The van der Waals surface area contributed by atoms with Crippen molar-refractivity contribution in [1.29, 1.82) is 0 Å². The molecular formula is C11H13ClFN3O3. The molecule has 0 aliphatic heterocycles. The number of carbonyl (C=O) groups is 2. The normalized spacial score (nSPS) is 12.3. The van der Waals surface area contributed by atoms with Crippen molar-refractivity contribution in [3.63, 3.8) is 0 Å². The van der Waals surface area contributed by atoms with E-state index in [0.717, 1.165) is 0 Å². The summed E-state index contributed by atoms with van der Waals surface area (Å²) in [5, 5.41) is 10.6. The minimum absolute atomic E-state index is 0.0232. The van der Waals surface area contributed by atoms with E-state index in [0.29, 0.717) is 5.82 Å². The SMILES string of the molecule is CC(C)c1ncc(Cl)c(C(=O)NC(CF)C(=O)O)n1. The molecular weight excluding hydrogens is 277 g/mol. The van der Waals surface area contributed by atoms with Crippen molar-refractivity contribution in [1.82, 2.24) is 15.3 Å². The van der Waals surface area contributed by atoms with Crippen molar-refractivity contribution in [2.75, 3.05) is 6.67 Å². The summed E-state index contributed by atoms with van der Waals surface area (Å²) in [5.74, 6) is -1.95. The largest absolute Gasteiger partial charge is 0.480 e. The number of amides is 1. The molecule has 0 aromatic carbocycles. The van der Waals surface area contributed by atoms with Gasteiger partial charge < -0.3 is 10.4 Å².